The maximum Gasteiger partial charge on any atom is 0.138 e. The first kappa shape index (κ1) is 12.2. The van der Waals surface area contributed by atoms with E-state index in [4.69, 9.17) is 0 Å². The third kappa shape index (κ3) is 6.32. The van der Waals surface area contributed by atoms with E-state index in [1.807, 2.05) is 52.0 Å². The lowest BCUT2D eigenvalue weighted by molar-refractivity contribution is -0.126. The van der Waals surface area contributed by atoms with Gasteiger partial charge in [0.2, 0.25) is 0 Å². The van der Waals surface area contributed by atoms with Crippen molar-refractivity contribution in [1.82, 2.24) is 0 Å². The molecule has 0 amide bonds. The van der Waals surface area contributed by atoms with Gasteiger partial charge in [0.15, 0.2) is 0 Å². The molecule has 0 unspecified atom stereocenters. The van der Waals surface area contributed by atoms with Crippen LogP contribution in [0.5, 0.6) is 0 Å². The standard InChI is InChI=1S/C12H20O/c1-5-6-7-8-9-10-11(13)12(2,3)4/h5-8H,9-10H2,1-4H3/b6-5+,8-7+. The first-order valence-corrected chi connectivity index (χ1v) is 4.79. The van der Waals surface area contributed by atoms with Crippen LogP contribution in [0.2, 0.25) is 0 Å². The predicted molar refractivity (Wildman–Crippen MR) is 57.7 cm³/mol. The van der Waals surface area contributed by atoms with Crippen LogP contribution in [0.3, 0.4) is 0 Å². The first-order chi connectivity index (χ1) is 5.98. The van der Waals surface area contributed by atoms with Crippen molar-refractivity contribution in [2.24, 2.45) is 5.41 Å². The molecule has 0 bridgehead atoms. The van der Waals surface area contributed by atoms with Gasteiger partial charge in [-0.1, -0.05) is 45.1 Å². The highest BCUT2D eigenvalue weighted by atomic mass is 16.1. The molecule has 0 aliphatic carbocycles. The van der Waals surface area contributed by atoms with Crippen molar-refractivity contribution in [1.29, 1.82) is 0 Å². The Bertz CT molecular complexity index is 204. The summed E-state index contributed by atoms with van der Waals surface area (Å²) >= 11 is 0. The van der Waals surface area contributed by atoms with Gasteiger partial charge in [0, 0.05) is 11.8 Å². The van der Waals surface area contributed by atoms with E-state index < -0.39 is 0 Å². The molecule has 0 aromatic rings. The molecule has 0 N–H and O–H groups in total. The number of rotatable bonds is 4. The van der Waals surface area contributed by atoms with Crippen LogP contribution in [0.4, 0.5) is 0 Å². The largest absolute Gasteiger partial charge is 0.299 e. The molecule has 13 heavy (non-hydrogen) atoms. The summed E-state index contributed by atoms with van der Waals surface area (Å²) in [5, 5.41) is 0. The van der Waals surface area contributed by atoms with Gasteiger partial charge in [-0.05, 0) is 13.3 Å². The second kappa shape index (κ2) is 5.74. The van der Waals surface area contributed by atoms with Crippen LogP contribution in [-0.2, 0) is 4.79 Å². The summed E-state index contributed by atoms with van der Waals surface area (Å²) in [5.74, 6) is 0.331. The zero-order chi connectivity index (χ0) is 10.3. The topological polar surface area (TPSA) is 17.1 Å². The zero-order valence-electron chi connectivity index (χ0n) is 9.13. The molecule has 0 aliphatic rings. The summed E-state index contributed by atoms with van der Waals surface area (Å²) in [7, 11) is 0. The van der Waals surface area contributed by atoms with E-state index in [9.17, 15) is 4.79 Å². The van der Waals surface area contributed by atoms with Crippen LogP contribution in [-0.4, -0.2) is 5.78 Å². The monoisotopic (exact) mass is 180 g/mol. The van der Waals surface area contributed by atoms with Crippen molar-refractivity contribution in [3.8, 4) is 0 Å². The number of hydrogen-bond acceptors (Lipinski definition) is 1. The number of carbonyl (C=O) groups excluding carboxylic acids is 1. The van der Waals surface area contributed by atoms with Crippen molar-refractivity contribution < 1.29 is 4.79 Å². The molecule has 0 saturated heterocycles. The van der Waals surface area contributed by atoms with Crippen LogP contribution in [0.1, 0.15) is 40.5 Å². The maximum absolute atomic E-state index is 11.4. The molecular formula is C12H20O. The van der Waals surface area contributed by atoms with E-state index in [0.717, 1.165) is 6.42 Å². The van der Waals surface area contributed by atoms with Gasteiger partial charge in [-0.15, -0.1) is 0 Å². The molecule has 0 aromatic heterocycles. The van der Waals surface area contributed by atoms with Crippen LogP contribution < -0.4 is 0 Å². The molecule has 0 heterocycles. The minimum Gasteiger partial charge on any atom is -0.299 e. The average molecular weight is 180 g/mol. The molecule has 0 atom stereocenters. The number of carbonyl (C=O) groups is 1. The summed E-state index contributed by atoms with van der Waals surface area (Å²) in [6.07, 6.45) is 9.46. The van der Waals surface area contributed by atoms with Crippen LogP contribution >= 0.6 is 0 Å². The Balaban J connectivity index is 3.72. The molecule has 0 saturated carbocycles. The average Bonchev–Trinajstić information content (AvgIpc) is 2.02. The molecule has 1 nitrogen and oxygen atoms in total. The van der Waals surface area contributed by atoms with Gasteiger partial charge in [0.1, 0.15) is 5.78 Å². The lowest BCUT2D eigenvalue weighted by Gasteiger charge is -2.15. The van der Waals surface area contributed by atoms with Crippen molar-refractivity contribution >= 4 is 5.78 Å². The molecule has 0 fully saturated rings. The summed E-state index contributed by atoms with van der Waals surface area (Å²) in [6.45, 7) is 7.87. The second-order valence-corrected chi connectivity index (χ2v) is 4.17. The Morgan fingerprint density at radius 3 is 2.31 bits per heavy atom. The molecular weight excluding hydrogens is 160 g/mol. The number of Topliss-reactive ketones (excluding diaryl/α,β-unsaturated/α-hetero) is 1. The molecule has 74 valence electrons. The Morgan fingerprint density at radius 1 is 1.23 bits per heavy atom. The van der Waals surface area contributed by atoms with Gasteiger partial charge in [-0.2, -0.15) is 0 Å². The summed E-state index contributed by atoms with van der Waals surface area (Å²) in [6, 6.07) is 0. The van der Waals surface area contributed by atoms with Gasteiger partial charge in [0.05, 0.1) is 0 Å². The summed E-state index contributed by atoms with van der Waals surface area (Å²) in [4.78, 5) is 11.4. The van der Waals surface area contributed by atoms with Gasteiger partial charge < -0.3 is 0 Å². The van der Waals surface area contributed by atoms with Crippen molar-refractivity contribution in [3.63, 3.8) is 0 Å². The second-order valence-electron chi connectivity index (χ2n) is 4.17. The minimum atomic E-state index is -0.186. The Kier molecular flexibility index (Phi) is 5.36. The Hall–Kier alpha value is -0.850. The van der Waals surface area contributed by atoms with E-state index >= 15 is 0 Å². The third-order valence-electron chi connectivity index (χ3n) is 1.81. The fourth-order valence-corrected chi connectivity index (χ4v) is 0.875. The number of ketones is 1. The maximum atomic E-state index is 11.4. The first-order valence-electron chi connectivity index (χ1n) is 4.79. The molecule has 0 aliphatic heterocycles. The molecule has 0 rings (SSSR count). The van der Waals surface area contributed by atoms with Crippen molar-refractivity contribution in [2.45, 2.75) is 40.5 Å². The van der Waals surface area contributed by atoms with Gasteiger partial charge >= 0.3 is 0 Å². The Labute approximate surface area is 81.5 Å². The van der Waals surface area contributed by atoms with Gasteiger partial charge in [-0.25, -0.2) is 0 Å². The fourth-order valence-electron chi connectivity index (χ4n) is 0.875. The normalized spacial score (nSPS) is 12.9. The van der Waals surface area contributed by atoms with Crippen molar-refractivity contribution in [3.05, 3.63) is 24.3 Å². The molecule has 0 spiro atoms. The zero-order valence-corrected chi connectivity index (χ0v) is 9.13. The van der Waals surface area contributed by atoms with Crippen molar-refractivity contribution in [2.75, 3.05) is 0 Å². The van der Waals surface area contributed by atoms with E-state index in [-0.39, 0.29) is 5.41 Å². The van der Waals surface area contributed by atoms with E-state index in [0.29, 0.717) is 12.2 Å². The van der Waals surface area contributed by atoms with E-state index in [1.165, 1.54) is 0 Å². The van der Waals surface area contributed by atoms with Crippen LogP contribution in [0, 0.1) is 5.41 Å². The quantitative estimate of drug-likeness (QED) is 0.605. The lowest BCUT2D eigenvalue weighted by Crippen LogP contribution is -2.19. The van der Waals surface area contributed by atoms with Gasteiger partial charge in [0.25, 0.3) is 0 Å². The summed E-state index contributed by atoms with van der Waals surface area (Å²) in [5.41, 5.74) is -0.186. The van der Waals surface area contributed by atoms with E-state index in [1.54, 1.807) is 0 Å². The Morgan fingerprint density at radius 2 is 1.85 bits per heavy atom. The minimum absolute atomic E-state index is 0.186. The van der Waals surface area contributed by atoms with Gasteiger partial charge in [-0.3, -0.25) is 4.79 Å². The smallest absolute Gasteiger partial charge is 0.138 e. The molecule has 0 radical (unpaired) electrons. The highest BCUT2D eigenvalue weighted by Crippen LogP contribution is 2.17. The summed E-state index contributed by atoms with van der Waals surface area (Å²) < 4.78 is 0. The lowest BCUT2D eigenvalue weighted by atomic mass is 9.88. The number of hydrogen-bond donors (Lipinski definition) is 0. The molecule has 0 aromatic carbocycles. The third-order valence-corrected chi connectivity index (χ3v) is 1.81. The van der Waals surface area contributed by atoms with Crippen LogP contribution in [0.15, 0.2) is 24.3 Å². The number of allylic oxidation sites excluding steroid dienone is 4. The molecule has 1 heteroatoms. The highest BCUT2D eigenvalue weighted by molar-refractivity contribution is 5.83. The highest BCUT2D eigenvalue weighted by Gasteiger charge is 2.19. The fraction of sp³-hybridized carbons (Fsp3) is 0.583. The van der Waals surface area contributed by atoms with E-state index in [2.05, 4.69) is 0 Å². The SMILES string of the molecule is C/C=C/C=C/CCC(=O)C(C)(C)C. The predicted octanol–water partition coefficient (Wildman–Crippen LogP) is 3.51. The van der Waals surface area contributed by atoms with Crippen LogP contribution in [0.25, 0.3) is 0 Å².